The Hall–Kier alpha value is -3.89. The van der Waals surface area contributed by atoms with Crippen LogP contribution < -0.4 is 15.2 Å². The van der Waals surface area contributed by atoms with E-state index in [2.05, 4.69) is 33.4 Å². The van der Waals surface area contributed by atoms with Gasteiger partial charge in [-0.05, 0) is 58.7 Å². The van der Waals surface area contributed by atoms with E-state index in [1.54, 1.807) is 0 Å². The summed E-state index contributed by atoms with van der Waals surface area (Å²) in [4.78, 5) is 24.5. The van der Waals surface area contributed by atoms with Crippen molar-refractivity contribution in [3.63, 3.8) is 0 Å². The summed E-state index contributed by atoms with van der Waals surface area (Å²) < 4.78 is 32.5. The third-order valence-corrected chi connectivity index (χ3v) is 5.94. The van der Waals surface area contributed by atoms with E-state index in [9.17, 15) is 23.6 Å². The second kappa shape index (κ2) is 11.2. The highest BCUT2D eigenvalue weighted by molar-refractivity contribution is 5.97. The van der Waals surface area contributed by atoms with Crippen molar-refractivity contribution in [2.75, 3.05) is 6.54 Å². The lowest BCUT2D eigenvalue weighted by molar-refractivity contribution is -0.692. The number of aliphatic hydroxyl groups excluding tert-OH is 1. The van der Waals surface area contributed by atoms with Crippen LogP contribution in [0, 0.1) is 16.5 Å². The molecule has 1 amide bonds. The van der Waals surface area contributed by atoms with E-state index in [1.807, 2.05) is 18.2 Å². The first-order valence-electron chi connectivity index (χ1n) is 11.6. The third kappa shape index (κ3) is 6.21. The zero-order valence-electron chi connectivity index (χ0n) is 19.6. The van der Waals surface area contributed by atoms with Crippen molar-refractivity contribution in [2.45, 2.75) is 38.5 Å². The summed E-state index contributed by atoms with van der Waals surface area (Å²) in [5, 5.41) is 19.3. The van der Waals surface area contributed by atoms with Crippen molar-refractivity contribution in [2.24, 2.45) is 0 Å². The van der Waals surface area contributed by atoms with Gasteiger partial charge in [-0.15, -0.1) is 0 Å². The van der Waals surface area contributed by atoms with Crippen LogP contribution in [-0.4, -0.2) is 34.9 Å². The minimum Gasteiger partial charge on any atom is -0.390 e. The van der Waals surface area contributed by atoms with Crippen molar-refractivity contribution < 1.29 is 27.9 Å². The molecule has 0 aliphatic heterocycles. The van der Waals surface area contributed by atoms with Gasteiger partial charge in [0.15, 0.2) is 4.60 Å². The van der Waals surface area contributed by atoms with Gasteiger partial charge >= 0.3 is 0 Å². The number of aromatic nitrogens is 2. The number of halogens is 2. The molecule has 3 aromatic carbocycles. The molecule has 1 aromatic heterocycles. The summed E-state index contributed by atoms with van der Waals surface area (Å²) in [5.41, 5.74) is 3.29. The van der Waals surface area contributed by atoms with Gasteiger partial charge in [-0.3, -0.25) is 4.79 Å². The van der Waals surface area contributed by atoms with Crippen LogP contribution in [0.4, 0.5) is 8.78 Å². The standard InChI is InChI=1S/C26H26F2N4O4/c1-2-16-4-3-5-17(8-16)14-29-15-25(33)23(11-18-9-20(27)13-21(28)10-18)30-26(34)19-6-7-24-22(12-19)31-36-32(24)35/h3-10,12-13,23,25,29,33H,2,11,14-15H2,1H3,(H-,30,31,34,35)/p+1/t23-,25+/m0/s1. The maximum Gasteiger partial charge on any atom is 0.272 e. The highest BCUT2D eigenvalue weighted by atomic mass is 19.1. The summed E-state index contributed by atoms with van der Waals surface area (Å²) in [6, 6.07) is 14.6. The number of carbonyl (C=O) groups excluding carboxylic acids is 1. The van der Waals surface area contributed by atoms with Crippen LogP contribution in [0.2, 0.25) is 0 Å². The quantitative estimate of drug-likeness (QED) is 0.269. The predicted octanol–water partition coefficient (Wildman–Crippen LogP) is 3.01. The number of aromatic amines is 1. The topological polar surface area (TPSA) is 113 Å². The first kappa shape index (κ1) is 25.2. The molecule has 0 saturated carbocycles. The predicted molar refractivity (Wildman–Crippen MR) is 129 cm³/mol. The number of hydrogen-bond donors (Lipinski definition) is 4. The Morgan fingerprint density at radius 1 is 1.06 bits per heavy atom. The van der Waals surface area contributed by atoms with Crippen molar-refractivity contribution in [3.05, 3.63) is 99.5 Å². The molecular weight excluding hydrogens is 470 g/mol. The number of carbonyl (C=O) groups is 1. The first-order chi connectivity index (χ1) is 17.3. The van der Waals surface area contributed by atoms with Gasteiger partial charge in [0, 0.05) is 30.8 Å². The monoisotopic (exact) mass is 497 g/mol. The fourth-order valence-corrected chi connectivity index (χ4v) is 4.04. The Kier molecular flexibility index (Phi) is 7.87. The smallest absolute Gasteiger partial charge is 0.272 e. The third-order valence-electron chi connectivity index (χ3n) is 5.94. The van der Waals surface area contributed by atoms with E-state index in [0.717, 1.165) is 30.2 Å². The van der Waals surface area contributed by atoms with Crippen LogP contribution in [0.3, 0.4) is 0 Å². The summed E-state index contributed by atoms with van der Waals surface area (Å²) in [5.74, 6) is -2.02. The van der Waals surface area contributed by atoms with Gasteiger partial charge in [-0.25, -0.2) is 8.78 Å². The Morgan fingerprint density at radius 3 is 2.56 bits per heavy atom. The molecule has 0 unspecified atom stereocenters. The molecule has 1 heterocycles. The minimum absolute atomic E-state index is 0.00474. The van der Waals surface area contributed by atoms with E-state index in [4.69, 9.17) is 0 Å². The Labute approximate surface area is 205 Å². The lowest BCUT2D eigenvalue weighted by atomic mass is 10.00. The summed E-state index contributed by atoms with van der Waals surface area (Å²) >= 11 is 0. The van der Waals surface area contributed by atoms with E-state index in [1.165, 1.54) is 23.8 Å². The Balaban J connectivity index is 1.49. The molecule has 0 aliphatic carbocycles. The molecule has 8 nitrogen and oxygen atoms in total. The fourth-order valence-electron chi connectivity index (χ4n) is 4.04. The van der Waals surface area contributed by atoms with Gasteiger partial charge in [0.05, 0.1) is 12.1 Å². The van der Waals surface area contributed by atoms with Gasteiger partial charge in [0.1, 0.15) is 11.6 Å². The van der Waals surface area contributed by atoms with Crippen LogP contribution in [0.5, 0.6) is 0 Å². The van der Waals surface area contributed by atoms with E-state index >= 15 is 0 Å². The lowest BCUT2D eigenvalue weighted by Crippen LogP contribution is -2.48. The maximum atomic E-state index is 13.8. The van der Waals surface area contributed by atoms with Crippen molar-refractivity contribution in [1.29, 1.82) is 0 Å². The number of hydrogen-bond acceptors (Lipinski definition) is 5. The summed E-state index contributed by atoms with van der Waals surface area (Å²) in [6.45, 7) is 2.70. The molecule has 4 N–H and O–H groups in total. The number of aliphatic hydroxyl groups is 1. The lowest BCUT2D eigenvalue weighted by Gasteiger charge is -2.25. The number of H-pyrrole nitrogens is 1. The molecule has 0 bridgehead atoms. The van der Waals surface area contributed by atoms with Crippen LogP contribution in [0.1, 0.15) is 34.0 Å². The average molecular weight is 498 g/mol. The average Bonchev–Trinajstić information content (AvgIpc) is 3.23. The Morgan fingerprint density at radius 2 is 1.81 bits per heavy atom. The largest absolute Gasteiger partial charge is 0.390 e. The second-order valence-electron chi connectivity index (χ2n) is 8.62. The molecule has 36 heavy (non-hydrogen) atoms. The van der Waals surface area contributed by atoms with E-state index < -0.39 is 29.7 Å². The van der Waals surface area contributed by atoms with Crippen molar-refractivity contribution in [3.8, 4) is 0 Å². The number of fused-ring (bicyclic) bond motifs is 1. The van der Waals surface area contributed by atoms with Gasteiger partial charge in [0.25, 0.3) is 11.4 Å². The number of aryl methyl sites for hydroxylation is 1. The Bertz CT molecular complexity index is 1400. The molecule has 0 radical (unpaired) electrons. The normalized spacial score (nSPS) is 13.0. The number of rotatable bonds is 10. The number of benzene rings is 3. The highest BCUT2D eigenvalue weighted by Crippen LogP contribution is 2.14. The highest BCUT2D eigenvalue weighted by Gasteiger charge is 2.24. The molecule has 4 rings (SSSR count). The molecule has 10 heteroatoms. The van der Waals surface area contributed by atoms with Crippen LogP contribution >= 0.6 is 0 Å². The molecule has 0 aliphatic rings. The number of nitrogens with one attached hydrogen (secondary N) is 3. The minimum atomic E-state index is -1.07. The van der Waals surface area contributed by atoms with E-state index in [0.29, 0.717) is 17.6 Å². The van der Waals surface area contributed by atoms with Gasteiger partial charge in [0.2, 0.25) is 5.52 Å². The maximum absolute atomic E-state index is 13.8. The molecule has 188 valence electrons. The van der Waals surface area contributed by atoms with E-state index in [-0.39, 0.29) is 28.6 Å². The second-order valence-corrected chi connectivity index (χ2v) is 8.62. The van der Waals surface area contributed by atoms with Crippen LogP contribution in [-0.2, 0) is 19.4 Å². The molecule has 4 aromatic rings. The molecule has 0 fully saturated rings. The summed E-state index contributed by atoms with van der Waals surface area (Å²) in [7, 11) is 0. The summed E-state index contributed by atoms with van der Waals surface area (Å²) in [6.07, 6.45) is -0.163. The number of nitrogens with zero attached hydrogens (tertiary/aromatic N) is 1. The van der Waals surface area contributed by atoms with Crippen molar-refractivity contribution >= 4 is 16.9 Å². The van der Waals surface area contributed by atoms with Crippen LogP contribution in [0.25, 0.3) is 11.0 Å². The van der Waals surface area contributed by atoms with Gasteiger partial charge in [-0.1, -0.05) is 41.0 Å². The van der Waals surface area contributed by atoms with Gasteiger partial charge < -0.3 is 15.7 Å². The number of amides is 1. The fraction of sp³-hybridized carbons (Fsp3) is 0.269. The van der Waals surface area contributed by atoms with Gasteiger partial charge in [-0.2, -0.15) is 0 Å². The first-order valence-corrected chi connectivity index (χ1v) is 11.6. The molecule has 0 spiro atoms. The molecular formula is C26H27F2N4O4+. The molecule has 0 saturated heterocycles. The van der Waals surface area contributed by atoms with Crippen LogP contribution in [0.15, 0.2) is 65.3 Å². The molecule has 2 atom stereocenters. The zero-order chi connectivity index (χ0) is 25.7. The van der Waals surface area contributed by atoms with Crippen molar-refractivity contribution in [1.82, 2.24) is 15.8 Å². The zero-order valence-corrected chi connectivity index (χ0v) is 19.6. The SMILES string of the molecule is CCc1cccc(CNC[C@@H](O)[C@H](Cc2cc(F)cc(F)c2)NC(=O)c2ccc3c(c2)[nH]o[n+]3=O)c1.